The maximum absolute atomic E-state index is 10.6. The highest BCUT2D eigenvalue weighted by Gasteiger charge is 2.17. The van der Waals surface area contributed by atoms with Crippen molar-refractivity contribution in [1.82, 2.24) is 0 Å². The molecule has 0 bridgehead atoms. The standard InChI is InChI=1S/C13H17NO4/c15-8-11-7-12(14(16)17)5-6-13(11)18-9-10-3-1-2-4-10/h5-7,10,15H,1-4,8-9H2. The Morgan fingerprint density at radius 3 is 2.72 bits per heavy atom. The van der Waals surface area contributed by atoms with Crippen LogP contribution in [0.1, 0.15) is 31.2 Å². The fourth-order valence-corrected chi connectivity index (χ4v) is 2.33. The third-order valence-electron chi connectivity index (χ3n) is 3.37. The maximum atomic E-state index is 10.6. The molecule has 98 valence electrons. The Morgan fingerprint density at radius 1 is 1.39 bits per heavy atom. The van der Waals surface area contributed by atoms with Crippen LogP contribution < -0.4 is 4.74 Å². The van der Waals surface area contributed by atoms with Crippen LogP contribution in [-0.2, 0) is 6.61 Å². The summed E-state index contributed by atoms with van der Waals surface area (Å²) in [4.78, 5) is 10.2. The lowest BCUT2D eigenvalue weighted by Gasteiger charge is -2.13. The first kappa shape index (κ1) is 12.8. The van der Waals surface area contributed by atoms with Gasteiger partial charge in [0.25, 0.3) is 5.69 Å². The second kappa shape index (κ2) is 5.82. The van der Waals surface area contributed by atoms with Crippen LogP contribution in [-0.4, -0.2) is 16.6 Å². The van der Waals surface area contributed by atoms with Gasteiger partial charge in [-0.3, -0.25) is 10.1 Å². The summed E-state index contributed by atoms with van der Waals surface area (Å²) in [5.74, 6) is 1.13. The first-order chi connectivity index (χ1) is 8.70. The van der Waals surface area contributed by atoms with Gasteiger partial charge in [0.2, 0.25) is 0 Å². The molecule has 1 aromatic rings. The van der Waals surface area contributed by atoms with Crippen molar-refractivity contribution in [2.45, 2.75) is 32.3 Å². The molecule has 18 heavy (non-hydrogen) atoms. The zero-order valence-electron chi connectivity index (χ0n) is 10.2. The average molecular weight is 251 g/mol. The number of aliphatic hydroxyl groups is 1. The van der Waals surface area contributed by atoms with Crippen LogP contribution in [0.15, 0.2) is 18.2 Å². The van der Waals surface area contributed by atoms with Crippen LogP contribution in [0.2, 0.25) is 0 Å². The molecule has 5 nitrogen and oxygen atoms in total. The van der Waals surface area contributed by atoms with Crippen molar-refractivity contribution in [2.75, 3.05) is 6.61 Å². The van der Waals surface area contributed by atoms with E-state index in [1.54, 1.807) is 6.07 Å². The first-order valence-corrected chi connectivity index (χ1v) is 6.21. The van der Waals surface area contributed by atoms with Crippen molar-refractivity contribution >= 4 is 5.69 Å². The van der Waals surface area contributed by atoms with Gasteiger partial charge in [0, 0.05) is 17.7 Å². The molecule has 0 spiro atoms. The van der Waals surface area contributed by atoms with E-state index < -0.39 is 4.92 Å². The van der Waals surface area contributed by atoms with Gasteiger partial charge in [-0.25, -0.2) is 0 Å². The lowest BCUT2D eigenvalue weighted by Crippen LogP contribution is -2.09. The van der Waals surface area contributed by atoms with E-state index in [0.717, 1.165) is 0 Å². The molecule has 0 atom stereocenters. The zero-order valence-corrected chi connectivity index (χ0v) is 10.2. The Balaban J connectivity index is 2.04. The van der Waals surface area contributed by atoms with Crippen LogP contribution in [0.4, 0.5) is 5.69 Å². The Labute approximate surface area is 106 Å². The van der Waals surface area contributed by atoms with E-state index in [-0.39, 0.29) is 12.3 Å². The SMILES string of the molecule is O=[N+]([O-])c1ccc(OCC2CCCC2)c(CO)c1. The molecule has 5 heteroatoms. The average Bonchev–Trinajstić information content (AvgIpc) is 2.89. The predicted octanol–water partition coefficient (Wildman–Crippen LogP) is 2.66. The van der Waals surface area contributed by atoms with E-state index in [1.165, 1.54) is 37.8 Å². The summed E-state index contributed by atoms with van der Waals surface area (Å²) in [6.45, 7) is 0.381. The number of hydrogen-bond acceptors (Lipinski definition) is 4. The van der Waals surface area contributed by atoms with E-state index in [9.17, 15) is 15.2 Å². The van der Waals surface area contributed by atoms with Gasteiger partial charge < -0.3 is 9.84 Å². The summed E-state index contributed by atoms with van der Waals surface area (Å²) in [5, 5.41) is 19.8. The molecule has 1 aliphatic rings. The summed E-state index contributed by atoms with van der Waals surface area (Å²) in [5.41, 5.74) is 0.453. The molecule has 1 fully saturated rings. The zero-order chi connectivity index (χ0) is 13.0. The molecule has 2 rings (SSSR count). The van der Waals surface area contributed by atoms with E-state index in [0.29, 0.717) is 23.8 Å². The van der Waals surface area contributed by atoms with Crippen LogP contribution in [0.3, 0.4) is 0 Å². The van der Waals surface area contributed by atoms with Gasteiger partial charge >= 0.3 is 0 Å². The second-order valence-corrected chi connectivity index (χ2v) is 4.67. The lowest BCUT2D eigenvalue weighted by atomic mass is 10.1. The van der Waals surface area contributed by atoms with Gasteiger partial charge in [-0.1, -0.05) is 12.8 Å². The molecule has 0 unspecified atom stereocenters. The molecular weight excluding hydrogens is 234 g/mol. The largest absolute Gasteiger partial charge is 0.493 e. The van der Waals surface area contributed by atoms with E-state index in [2.05, 4.69) is 0 Å². The Bertz CT molecular complexity index is 427. The second-order valence-electron chi connectivity index (χ2n) is 4.67. The molecule has 1 saturated carbocycles. The number of rotatable bonds is 5. The van der Waals surface area contributed by atoms with E-state index in [4.69, 9.17) is 4.74 Å². The minimum Gasteiger partial charge on any atom is -0.493 e. The van der Waals surface area contributed by atoms with Gasteiger partial charge in [0.15, 0.2) is 0 Å². The summed E-state index contributed by atoms with van der Waals surface area (Å²) in [6.07, 6.45) is 4.87. The number of nitrogens with zero attached hydrogens (tertiary/aromatic N) is 1. The molecule has 0 saturated heterocycles. The smallest absolute Gasteiger partial charge is 0.270 e. The maximum Gasteiger partial charge on any atom is 0.270 e. The van der Waals surface area contributed by atoms with Crippen molar-refractivity contribution in [2.24, 2.45) is 5.92 Å². The Kier molecular flexibility index (Phi) is 4.15. The molecule has 1 N–H and O–H groups in total. The van der Waals surface area contributed by atoms with Gasteiger partial charge in [-0.2, -0.15) is 0 Å². The van der Waals surface area contributed by atoms with Gasteiger partial charge in [-0.05, 0) is 24.8 Å². The molecule has 0 heterocycles. The van der Waals surface area contributed by atoms with Gasteiger partial charge in [0.1, 0.15) is 5.75 Å². The first-order valence-electron chi connectivity index (χ1n) is 6.21. The third kappa shape index (κ3) is 2.98. The molecule has 0 aliphatic heterocycles. The summed E-state index contributed by atoms with van der Waals surface area (Å²) < 4.78 is 5.66. The Hall–Kier alpha value is -1.62. The van der Waals surface area contributed by atoms with Gasteiger partial charge in [0.05, 0.1) is 18.1 Å². The number of benzene rings is 1. The van der Waals surface area contributed by atoms with Crippen molar-refractivity contribution in [3.8, 4) is 5.75 Å². The minimum atomic E-state index is -0.472. The monoisotopic (exact) mass is 251 g/mol. The number of ether oxygens (including phenoxy) is 1. The summed E-state index contributed by atoms with van der Waals surface area (Å²) in [7, 11) is 0. The molecule has 1 aromatic carbocycles. The Morgan fingerprint density at radius 2 is 2.11 bits per heavy atom. The fraction of sp³-hybridized carbons (Fsp3) is 0.538. The van der Waals surface area contributed by atoms with Crippen molar-refractivity contribution in [3.05, 3.63) is 33.9 Å². The topological polar surface area (TPSA) is 72.6 Å². The van der Waals surface area contributed by atoms with Crippen molar-refractivity contribution in [1.29, 1.82) is 0 Å². The summed E-state index contributed by atoms with van der Waals surface area (Å²) in [6, 6.07) is 4.34. The number of non-ortho nitro benzene ring substituents is 1. The lowest BCUT2D eigenvalue weighted by molar-refractivity contribution is -0.385. The summed E-state index contributed by atoms with van der Waals surface area (Å²) >= 11 is 0. The highest BCUT2D eigenvalue weighted by Crippen LogP contribution is 2.28. The number of nitro groups is 1. The quantitative estimate of drug-likeness (QED) is 0.645. The van der Waals surface area contributed by atoms with Crippen molar-refractivity contribution < 1.29 is 14.8 Å². The van der Waals surface area contributed by atoms with Crippen LogP contribution in [0.25, 0.3) is 0 Å². The number of nitro benzene ring substituents is 1. The molecular formula is C13H17NO4. The predicted molar refractivity (Wildman–Crippen MR) is 66.5 cm³/mol. The van der Waals surface area contributed by atoms with E-state index >= 15 is 0 Å². The molecule has 0 amide bonds. The van der Waals surface area contributed by atoms with Crippen LogP contribution in [0, 0.1) is 16.0 Å². The molecule has 0 radical (unpaired) electrons. The number of hydrogen-bond donors (Lipinski definition) is 1. The molecule has 0 aromatic heterocycles. The van der Waals surface area contributed by atoms with Crippen LogP contribution in [0.5, 0.6) is 5.75 Å². The fourth-order valence-electron chi connectivity index (χ4n) is 2.33. The minimum absolute atomic E-state index is 0.0210. The normalized spacial score (nSPS) is 15.8. The molecule has 1 aliphatic carbocycles. The van der Waals surface area contributed by atoms with E-state index in [1.807, 2.05) is 0 Å². The highest BCUT2D eigenvalue weighted by atomic mass is 16.6. The van der Waals surface area contributed by atoms with Crippen LogP contribution >= 0.6 is 0 Å². The van der Waals surface area contributed by atoms with Gasteiger partial charge in [-0.15, -0.1) is 0 Å². The third-order valence-corrected chi connectivity index (χ3v) is 3.37. The highest BCUT2D eigenvalue weighted by molar-refractivity contribution is 5.43. The number of aliphatic hydroxyl groups excluding tert-OH is 1. The van der Waals surface area contributed by atoms with Crippen molar-refractivity contribution in [3.63, 3.8) is 0 Å².